The van der Waals surface area contributed by atoms with Gasteiger partial charge < -0.3 is 14.8 Å². The Morgan fingerprint density at radius 1 is 1.23 bits per heavy atom. The van der Waals surface area contributed by atoms with Gasteiger partial charge in [-0.05, 0) is 36.6 Å². The average molecular weight is 429 g/mol. The van der Waals surface area contributed by atoms with E-state index < -0.39 is 17.1 Å². The van der Waals surface area contributed by atoms with Gasteiger partial charge in [0.1, 0.15) is 10.6 Å². The highest BCUT2D eigenvalue weighted by Gasteiger charge is 2.31. The van der Waals surface area contributed by atoms with E-state index in [0.717, 1.165) is 0 Å². The summed E-state index contributed by atoms with van der Waals surface area (Å²) < 4.78 is 34.3. The van der Waals surface area contributed by atoms with Crippen LogP contribution < -0.4 is 10.2 Å². The molecule has 0 aliphatic carbocycles. The lowest BCUT2D eigenvalue weighted by molar-refractivity contribution is 0.340. The van der Waals surface area contributed by atoms with Crippen molar-refractivity contribution in [2.24, 2.45) is 15.4 Å². The molecule has 2 N–H and O–H groups in total. The first kappa shape index (κ1) is 22.0. The maximum Gasteiger partial charge on any atom is 0.492 e. The topological polar surface area (TPSA) is 112 Å². The third kappa shape index (κ3) is 4.72. The molecule has 158 valence electrons. The first-order valence-corrected chi connectivity index (χ1v) is 11.1. The number of hydrogen-bond donors (Lipinski definition) is 2. The zero-order valence-corrected chi connectivity index (χ0v) is 17.9. The minimum atomic E-state index is -3.75. The molecule has 0 fully saturated rings. The van der Waals surface area contributed by atoms with Gasteiger partial charge in [0.25, 0.3) is 10.0 Å². The molecule has 0 saturated heterocycles. The van der Waals surface area contributed by atoms with Crippen molar-refractivity contribution in [2.75, 3.05) is 13.2 Å². The van der Waals surface area contributed by atoms with Crippen molar-refractivity contribution in [3.05, 3.63) is 53.6 Å². The van der Waals surface area contributed by atoms with Gasteiger partial charge in [0.2, 0.25) is 0 Å². The lowest BCUT2D eigenvalue weighted by Gasteiger charge is -2.21. The van der Waals surface area contributed by atoms with Crippen LogP contribution in [0.4, 0.5) is 0 Å². The maximum absolute atomic E-state index is 12.4. The van der Waals surface area contributed by atoms with Crippen LogP contribution in [0.25, 0.3) is 0 Å². The van der Waals surface area contributed by atoms with Gasteiger partial charge in [-0.2, -0.15) is 13.5 Å². The Hall–Kier alpha value is -2.69. The Morgan fingerprint density at radius 3 is 2.63 bits per heavy atom. The van der Waals surface area contributed by atoms with E-state index in [-0.39, 0.29) is 22.1 Å². The molecule has 0 atom stereocenters. The van der Waals surface area contributed by atoms with Crippen molar-refractivity contribution in [2.45, 2.75) is 25.7 Å². The number of fused-ring (bicyclic) bond motifs is 1. The van der Waals surface area contributed by atoms with Gasteiger partial charge >= 0.3 is 7.12 Å². The first-order valence-electron chi connectivity index (χ1n) is 9.61. The molecule has 0 radical (unpaired) electrons. The van der Waals surface area contributed by atoms with Crippen molar-refractivity contribution >= 4 is 34.7 Å². The number of hydrazone groups is 1. The molecule has 30 heavy (non-hydrogen) atoms. The molecule has 1 aliphatic heterocycles. The SMILES string of the molecule is CCOc1cc(/C=N/N(CC(C)C)C2=NS(=O)(=O)c3ccccc32)ccc1B(O)O. The summed E-state index contributed by atoms with van der Waals surface area (Å²) in [6.07, 6.45) is 1.56. The number of nitrogens with zero attached hydrogens (tertiary/aromatic N) is 3. The predicted octanol–water partition coefficient (Wildman–Crippen LogP) is 1.21. The van der Waals surface area contributed by atoms with E-state index in [4.69, 9.17) is 4.74 Å². The highest BCUT2D eigenvalue weighted by molar-refractivity contribution is 7.90. The molecule has 0 aromatic heterocycles. The molecular weight excluding hydrogens is 405 g/mol. The second-order valence-electron chi connectivity index (χ2n) is 7.21. The molecule has 0 bridgehead atoms. The number of rotatable bonds is 7. The van der Waals surface area contributed by atoms with Crippen LogP contribution in [0.5, 0.6) is 5.75 Å². The third-order valence-corrected chi connectivity index (χ3v) is 5.68. The summed E-state index contributed by atoms with van der Waals surface area (Å²) in [5, 5.41) is 25.0. The largest absolute Gasteiger partial charge is 0.494 e. The smallest absolute Gasteiger partial charge is 0.492 e. The Labute approximate surface area is 176 Å². The summed E-state index contributed by atoms with van der Waals surface area (Å²) in [5.74, 6) is 0.826. The van der Waals surface area contributed by atoms with Gasteiger partial charge in [0, 0.05) is 17.6 Å². The lowest BCUT2D eigenvalue weighted by atomic mass is 9.79. The molecule has 0 saturated carbocycles. The number of amidine groups is 1. The van der Waals surface area contributed by atoms with Gasteiger partial charge in [-0.3, -0.25) is 0 Å². The third-order valence-electron chi connectivity index (χ3n) is 4.36. The fourth-order valence-electron chi connectivity index (χ4n) is 3.07. The quantitative estimate of drug-likeness (QED) is 0.389. The molecule has 1 aliphatic rings. The van der Waals surface area contributed by atoms with Crippen LogP contribution in [-0.2, 0) is 10.0 Å². The fourth-order valence-corrected chi connectivity index (χ4v) is 4.28. The number of sulfonamides is 1. The zero-order chi connectivity index (χ0) is 21.9. The number of hydrogen-bond acceptors (Lipinski definition) is 7. The summed E-state index contributed by atoms with van der Waals surface area (Å²) >= 11 is 0. The van der Waals surface area contributed by atoms with Crippen molar-refractivity contribution in [1.29, 1.82) is 0 Å². The summed E-state index contributed by atoms with van der Waals surface area (Å²) in [6, 6.07) is 11.6. The maximum atomic E-state index is 12.4. The van der Waals surface area contributed by atoms with Crippen molar-refractivity contribution in [3.63, 3.8) is 0 Å². The Kier molecular flexibility index (Phi) is 6.59. The second kappa shape index (κ2) is 8.99. The standard InChI is InChI=1S/C20H24BN3O5S/c1-4-29-18-11-15(9-10-17(18)21(25)26)12-22-24(13-14(2)3)20-16-7-5-6-8-19(16)30(27,28)23-20/h5-12,14,25-26H,4,13H2,1-3H3/b22-12+. The van der Waals surface area contributed by atoms with E-state index in [2.05, 4.69) is 9.50 Å². The molecule has 0 spiro atoms. The summed E-state index contributed by atoms with van der Waals surface area (Å²) in [6.45, 7) is 6.64. The van der Waals surface area contributed by atoms with Crippen LogP contribution in [0.3, 0.4) is 0 Å². The van der Waals surface area contributed by atoms with Gasteiger partial charge in [0.15, 0.2) is 5.84 Å². The van der Waals surface area contributed by atoms with E-state index in [0.29, 0.717) is 30.0 Å². The molecule has 2 aromatic carbocycles. The van der Waals surface area contributed by atoms with Gasteiger partial charge in [-0.25, -0.2) is 5.01 Å². The molecule has 3 rings (SSSR count). The van der Waals surface area contributed by atoms with Crippen LogP contribution >= 0.6 is 0 Å². The monoisotopic (exact) mass is 429 g/mol. The minimum absolute atomic E-state index is 0.170. The number of benzene rings is 2. The molecule has 8 nitrogen and oxygen atoms in total. The Morgan fingerprint density at radius 2 is 1.97 bits per heavy atom. The van der Waals surface area contributed by atoms with Crippen LogP contribution in [-0.4, -0.2) is 55.8 Å². The van der Waals surface area contributed by atoms with E-state index in [9.17, 15) is 18.5 Å². The molecule has 0 amide bonds. The van der Waals surface area contributed by atoms with E-state index in [1.54, 1.807) is 54.5 Å². The Bertz CT molecular complexity index is 1080. The highest BCUT2D eigenvalue weighted by atomic mass is 32.2. The van der Waals surface area contributed by atoms with Crippen LogP contribution in [0.15, 0.2) is 56.9 Å². The second-order valence-corrected chi connectivity index (χ2v) is 8.78. The normalized spacial score (nSPS) is 14.7. The molecule has 2 aromatic rings. The van der Waals surface area contributed by atoms with E-state index in [1.165, 1.54) is 6.07 Å². The van der Waals surface area contributed by atoms with Crippen LogP contribution in [0, 0.1) is 5.92 Å². The summed E-state index contributed by atoms with van der Waals surface area (Å²) in [5.41, 5.74) is 1.43. The summed E-state index contributed by atoms with van der Waals surface area (Å²) in [7, 11) is -5.40. The van der Waals surface area contributed by atoms with Crippen LogP contribution in [0.1, 0.15) is 31.9 Å². The minimum Gasteiger partial charge on any atom is -0.494 e. The van der Waals surface area contributed by atoms with Gasteiger partial charge in [-0.15, -0.1) is 4.40 Å². The Balaban J connectivity index is 1.97. The average Bonchev–Trinajstić information content (AvgIpc) is 2.96. The van der Waals surface area contributed by atoms with E-state index in [1.807, 2.05) is 13.8 Å². The lowest BCUT2D eigenvalue weighted by Crippen LogP contribution is -2.31. The molecule has 1 heterocycles. The predicted molar refractivity (Wildman–Crippen MR) is 117 cm³/mol. The van der Waals surface area contributed by atoms with Crippen molar-refractivity contribution in [1.82, 2.24) is 5.01 Å². The molecule has 10 heteroatoms. The van der Waals surface area contributed by atoms with Crippen molar-refractivity contribution in [3.8, 4) is 5.75 Å². The van der Waals surface area contributed by atoms with Gasteiger partial charge in [-0.1, -0.05) is 38.1 Å². The molecular formula is C20H24BN3O5S. The zero-order valence-electron chi connectivity index (χ0n) is 17.1. The molecule has 0 unspecified atom stereocenters. The summed E-state index contributed by atoms with van der Waals surface area (Å²) in [4.78, 5) is 0.170. The fraction of sp³-hybridized carbons (Fsp3) is 0.300. The van der Waals surface area contributed by atoms with Crippen molar-refractivity contribution < 1.29 is 23.2 Å². The first-order chi connectivity index (χ1) is 14.2. The highest BCUT2D eigenvalue weighted by Crippen LogP contribution is 2.28. The van der Waals surface area contributed by atoms with Gasteiger partial charge in [0.05, 0.1) is 12.8 Å². The van der Waals surface area contributed by atoms with Crippen LogP contribution in [0.2, 0.25) is 0 Å². The van der Waals surface area contributed by atoms with E-state index >= 15 is 0 Å². The number of ether oxygens (including phenoxy) is 1.